The van der Waals surface area contributed by atoms with Crippen molar-refractivity contribution in [1.82, 2.24) is 19.7 Å². The molecule has 0 saturated carbocycles. The largest absolute Gasteiger partial charge is 0.367 e. The molecule has 0 radical (unpaired) electrons. The first kappa shape index (κ1) is 14.3. The summed E-state index contributed by atoms with van der Waals surface area (Å²) in [5.41, 5.74) is 4.06. The first-order chi connectivity index (χ1) is 10.5. The van der Waals surface area contributed by atoms with Gasteiger partial charge in [0.15, 0.2) is 5.65 Å². The van der Waals surface area contributed by atoms with E-state index in [1.54, 1.807) is 17.9 Å². The van der Waals surface area contributed by atoms with Gasteiger partial charge in [-0.3, -0.25) is 9.48 Å². The van der Waals surface area contributed by atoms with Gasteiger partial charge in [0.1, 0.15) is 11.2 Å². The van der Waals surface area contributed by atoms with Crippen LogP contribution < -0.4 is 10.5 Å². The molecule has 6 heteroatoms. The maximum Gasteiger partial charge on any atom is 0.262 e. The van der Waals surface area contributed by atoms with Crippen LogP contribution in [0, 0.1) is 13.8 Å². The summed E-state index contributed by atoms with van der Waals surface area (Å²) in [5, 5.41) is 4.60. The molecular weight excluding hydrogens is 278 g/mol. The van der Waals surface area contributed by atoms with Crippen LogP contribution in [0.3, 0.4) is 0 Å². The van der Waals surface area contributed by atoms with Gasteiger partial charge in [0, 0.05) is 19.8 Å². The Morgan fingerprint density at radius 3 is 2.86 bits per heavy atom. The molecule has 2 aromatic heterocycles. The van der Waals surface area contributed by atoms with Crippen molar-refractivity contribution in [2.24, 2.45) is 7.05 Å². The highest BCUT2D eigenvalue weighted by Gasteiger charge is 2.11. The van der Waals surface area contributed by atoms with E-state index in [1.807, 2.05) is 13.1 Å². The summed E-state index contributed by atoms with van der Waals surface area (Å²) in [7, 11) is 3.78. The third kappa shape index (κ3) is 2.36. The van der Waals surface area contributed by atoms with Crippen molar-refractivity contribution in [1.29, 1.82) is 0 Å². The Morgan fingerprint density at radius 1 is 1.32 bits per heavy atom. The molecule has 0 saturated heterocycles. The lowest BCUT2D eigenvalue weighted by atomic mass is 10.1. The van der Waals surface area contributed by atoms with Gasteiger partial charge in [-0.25, -0.2) is 4.98 Å². The highest BCUT2D eigenvalue weighted by molar-refractivity contribution is 5.73. The third-order valence-corrected chi connectivity index (χ3v) is 4.02. The van der Waals surface area contributed by atoms with Gasteiger partial charge in [0.25, 0.3) is 5.56 Å². The Kier molecular flexibility index (Phi) is 3.44. The summed E-state index contributed by atoms with van der Waals surface area (Å²) in [6, 6.07) is 6.20. The normalized spacial score (nSPS) is 11.1. The SMILES string of the molecule is Cc1cccc(N(C)Cc2nc3c(cnn3C)c(=O)[nH]2)c1C. The van der Waals surface area contributed by atoms with E-state index in [2.05, 4.69) is 45.9 Å². The number of H-pyrrole nitrogens is 1. The minimum absolute atomic E-state index is 0.150. The van der Waals surface area contributed by atoms with Crippen LogP contribution in [0.15, 0.2) is 29.2 Å². The number of hydrogen-bond acceptors (Lipinski definition) is 4. The standard InChI is InChI=1S/C16H19N5O/c1-10-6-5-7-13(11(10)2)20(3)9-14-18-15-12(16(22)19-14)8-17-21(15)4/h5-8H,9H2,1-4H3,(H,18,19,22). The molecule has 0 bridgehead atoms. The number of hydrogen-bond donors (Lipinski definition) is 1. The lowest BCUT2D eigenvalue weighted by Gasteiger charge is -2.21. The van der Waals surface area contributed by atoms with Crippen LogP contribution in [0.2, 0.25) is 0 Å². The summed E-state index contributed by atoms with van der Waals surface area (Å²) in [4.78, 5) is 21.5. The molecule has 6 nitrogen and oxygen atoms in total. The van der Waals surface area contributed by atoms with E-state index in [-0.39, 0.29) is 5.56 Å². The number of aromatic amines is 1. The second-order valence-corrected chi connectivity index (χ2v) is 5.59. The molecule has 0 unspecified atom stereocenters. The van der Waals surface area contributed by atoms with Gasteiger partial charge in [-0.1, -0.05) is 12.1 Å². The number of benzene rings is 1. The maximum atomic E-state index is 12.1. The van der Waals surface area contributed by atoms with Crippen molar-refractivity contribution >= 4 is 16.7 Å². The molecule has 114 valence electrons. The van der Waals surface area contributed by atoms with E-state index in [0.717, 1.165) is 5.69 Å². The fourth-order valence-electron chi connectivity index (χ4n) is 2.61. The quantitative estimate of drug-likeness (QED) is 0.802. The molecule has 0 fully saturated rings. The highest BCUT2D eigenvalue weighted by Crippen LogP contribution is 2.22. The van der Waals surface area contributed by atoms with Crippen LogP contribution in [0.25, 0.3) is 11.0 Å². The number of aromatic nitrogens is 4. The van der Waals surface area contributed by atoms with E-state index in [1.165, 1.54) is 11.1 Å². The summed E-state index contributed by atoms with van der Waals surface area (Å²) < 4.78 is 1.62. The zero-order chi connectivity index (χ0) is 15.9. The van der Waals surface area contributed by atoms with Gasteiger partial charge in [-0.15, -0.1) is 0 Å². The molecule has 22 heavy (non-hydrogen) atoms. The van der Waals surface area contributed by atoms with Crippen LogP contribution in [0.4, 0.5) is 5.69 Å². The van der Waals surface area contributed by atoms with Crippen LogP contribution in [-0.4, -0.2) is 26.8 Å². The average molecular weight is 297 g/mol. The Bertz CT molecular complexity index is 893. The minimum atomic E-state index is -0.150. The Labute approximate surface area is 128 Å². The fraction of sp³-hybridized carbons (Fsp3) is 0.312. The van der Waals surface area contributed by atoms with Crippen LogP contribution >= 0.6 is 0 Å². The molecule has 3 rings (SSSR count). The maximum absolute atomic E-state index is 12.1. The van der Waals surface area contributed by atoms with Crippen molar-refractivity contribution in [2.45, 2.75) is 20.4 Å². The van der Waals surface area contributed by atoms with E-state index in [0.29, 0.717) is 23.4 Å². The molecule has 2 heterocycles. The van der Waals surface area contributed by atoms with Crippen LogP contribution in [0.5, 0.6) is 0 Å². The third-order valence-electron chi connectivity index (χ3n) is 4.02. The first-order valence-electron chi connectivity index (χ1n) is 7.15. The van der Waals surface area contributed by atoms with Gasteiger partial charge in [-0.2, -0.15) is 5.10 Å². The molecule has 0 aliphatic rings. The lowest BCUT2D eigenvalue weighted by Crippen LogP contribution is -2.22. The molecule has 0 aliphatic carbocycles. The van der Waals surface area contributed by atoms with Gasteiger partial charge in [0.05, 0.1) is 12.7 Å². The Morgan fingerprint density at radius 2 is 2.09 bits per heavy atom. The predicted molar refractivity (Wildman–Crippen MR) is 87.2 cm³/mol. The lowest BCUT2D eigenvalue weighted by molar-refractivity contribution is 0.771. The van der Waals surface area contributed by atoms with Gasteiger partial charge in [-0.05, 0) is 31.0 Å². The van der Waals surface area contributed by atoms with Gasteiger partial charge >= 0.3 is 0 Å². The number of aryl methyl sites for hydroxylation is 2. The second-order valence-electron chi connectivity index (χ2n) is 5.59. The summed E-state index contributed by atoms with van der Waals surface area (Å²) in [6.07, 6.45) is 1.54. The smallest absolute Gasteiger partial charge is 0.262 e. The zero-order valence-electron chi connectivity index (χ0n) is 13.2. The molecule has 3 aromatic rings. The summed E-state index contributed by atoms with van der Waals surface area (Å²) >= 11 is 0. The van der Waals surface area contributed by atoms with Crippen LogP contribution in [-0.2, 0) is 13.6 Å². The molecule has 0 amide bonds. The summed E-state index contributed by atoms with van der Waals surface area (Å²) in [5.74, 6) is 0.629. The number of fused-ring (bicyclic) bond motifs is 1. The summed E-state index contributed by atoms with van der Waals surface area (Å²) in [6.45, 7) is 4.72. The second kappa shape index (κ2) is 5.29. The molecule has 0 atom stereocenters. The van der Waals surface area contributed by atoms with Crippen molar-refractivity contribution in [3.8, 4) is 0 Å². The van der Waals surface area contributed by atoms with E-state index in [4.69, 9.17) is 0 Å². The number of anilines is 1. The van der Waals surface area contributed by atoms with Crippen LogP contribution in [0.1, 0.15) is 17.0 Å². The van der Waals surface area contributed by atoms with Gasteiger partial charge in [0.2, 0.25) is 0 Å². The van der Waals surface area contributed by atoms with Crippen molar-refractivity contribution < 1.29 is 0 Å². The molecule has 1 aromatic carbocycles. The predicted octanol–water partition coefficient (Wildman–Crippen LogP) is 1.91. The van der Waals surface area contributed by atoms with Gasteiger partial charge < -0.3 is 9.88 Å². The Balaban J connectivity index is 1.97. The molecule has 1 N–H and O–H groups in total. The van der Waals surface area contributed by atoms with Crippen molar-refractivity contribution in [2.75, 3.05) is 11.9 Å². The highest BCUT2D eigenvalue weighted by atomic mass is 16.1. The average Bonchev–Trinajstić information content (AvgIpc) is 2.84. The molecular formula is C16H19N5O. The monoisotopic (exact) mass is 297 g/mol. The number of nitrogens with zero attached hydrogens (tertiary/aromatic N) is 4. The molecule has 0 spiro atoms. The van der Waals surface area contributed by atoms with Crippen molar-refractivity contribution in [3.05, 3.63) is 51.7 Å². The topological polar surface area (TPSA) is 66.8 Å². The minimum Gasteiger partial charge on any atom is -0.367 e. The van der Waals surface area contributed by atoms with Crippen molar-refractivity contribution in [3.63, 3.8) is 0 Å². The molecule has 0 aliphatic heterocycles. The Hall–Kier alpha value is -2.63. The first-order valence-corrected chi connectivity index (χ1v) is 7.15. The van der Waals surface area contributed by atoms with E-state index in [9.17, 15) is 4.79 Å². The fourth-order valence-corrected chi connectivity index (χ4v) is 2.61. The number of nitrogens with one attached hydrogen (secondary N) is 1. The number of rotatable bonds is 3. The van der Waals surface area contributed by atoms with E-state index >= 15 is 0 Å². The van der Waals surface area contributed by atoms with E-state index < -0.39 is 0 Å². The zero-order valence-corrected chi connectivity index (χ0v) is 13.2.